The number of H-pyrrole nitrogens is 1. The van der Waals surface area contributed by atoms with Crippen molar-refractivity contribution in [3.05, 3.63) is 21.2 Å². The molecule has 2 heterocycles. The molecule has 1 aliphatic rings. The van der Waals surface area contributed by atoms with Crippen molar-refractivity contribution >= 4 is 27.7 Å². The van der Waals surface area contributed by atoms with E-state index in [-0.39, 0.29) is 17.4 Å². The Morgan fingerprint density at radius 3 is 2.83 bits per heavy atom. The lowest BCUT2D eigenvalue weighted by Crippen LogP contribution is -2.39. The zero-order chi connectivity index (χ0) is 13.1. The molecule has 0 saturated carbocycles. The Bertz CT molecular complexity index is 495. The Morgan fingerprint density at radius 2 is 2.22 bits per heavy atom. The minimum atomic E-state index is -0.213. The summed E-state index contributed by atoms with van der Waals surface area (Å²) >= 11 is 3.23. The van der Waals surface area contributed by atoms with Gasteiger partial charge in [0.15, 0.2) is 5.82 Å². The average Bonchev–Trinajstić information content (AvgIpc) is 2.41. The molecular weight excluding hydrogens is 302 g/mol. The first-order valence-electron chi connectivity index (χ1n) is 5.70. The summed E-state index contributed by atoms with van der Waals surface area (Å²) in [7, 11) is 1.40. The number of nitrogens with one attached hydrogen (secondary N) is 1. The first-order valence-corrected chi connectivity index (χ1v) is 6.49. The molecule has 1 fully saturated rings. The molecular formula is C11H14BrN3O3. The number of esters is 1. The van der Waals surface area contributed by atoms with Crippen molar-refractivity contribution < 1.29 is 9.53 Å². The van der Waals surface area contributed by atoms with E-state index in [0.717, 1.165) is 0 Å². The predicted molar refractivity (Wildman–Crippen MR) is 69.5 cm³/mol. The number of aromatic amines is 1. The Kier molecular flexibility index (Phi) is 4.00. The summed E-state index contributed by atoms with van der Waals surface area (Å²) in [5, 5.41) is 0. The maximum absolute atomic E-state index is 11.7. The first kappa shape index (κ1) is 13.1. The molecule has 98 valence electrons. The van der Waals surface area contributed by atoms with E-state index < -0.39 is 0 Å². The number of anilines is 1. The van der Waals surface area contributed by atoms with Crippen molar-refractivity contribution in [2.45, 2.75) is 12.8 Å². The van der Waals surface area contributed by atoms with Gasteiger partial charge >= 0.3 is 5.97 Å². The number of rotatable bonds is 2. The molecule has 1 aromatic rings. The van der Waals surface area contributed by atoms with Gasteiger partial charge < -0.3 is 14.6 Å². The summed E-state index contributed by atoms with van der Waals surface area (Å²) in [6, 6.07) is 0. The minimum Gasteiger partial charge on any atom is -0.469 e. The fourth-order valence-corrected chi connectivity index (χ4v) is 2.36. The van der Waals surface area contributed by atoms with Gasteiger partial charge in [-0.1, -0.05) is 0 Å². The second kappa shape index (κ2) is 5.51. The molecule has 0 radical (unpaired) electrons. The number of methoxy groups -OCH3 is 1. The van der Waals surface area contributed by atoms with Gasteiger partial charge in [0, 0.05) is 19.3 Å². The SMILES string of the molecule is COC(=O)C1CCN(c2nc(Br)c[nH]c2=O)CC1. The number of carbonyl (C=O) groups is 1. The standard InChI is InChI=1S/C11H14BrN3O3/c1-18-11(17)7-2-4-15(5-3-7)9-10(16)13-6-8(12)14-9/h6-7H,2-5H2,1H3,(H,13,16). The van der Waals surface area contributed by atoms with E-state index in [2.05, 4.69) is 25.9 Å². The zero-order valence-corrected chi connectivity index (χ0v) is 11.6. The third kappa shape index (κ3) is 2.72. The lowest BCUT2D eigenvalue weighted by atomic mass is 9.97. The van der Waals surface area contributed by atoms with Crippen molar-refractivity contribution in [1.82, 2.24) is 9.97 Å². The molecule has 1 aliphatic heterocycles. The van der Waals surface area contributed by atoms with E-state index in [1.807, 2.05) is 4.90 Å². The predicted octanol–water partition coefficient (Wildman–Crippen LogP) is 0.922. The number of piperidine rings is 1. The fourth-order valence-electron chi connectivity index (χ4n) is 2.08. The molecule has 1 aromatic heterocycles. The van der Waals surface area contributed by atoms with Gasteiger partial charge in [-0.15, -0.1) is 0 Å². The van der Waals surface area contributed by atoms with Gasteiger partial charge in [-0.05, 0) is 28.8 Å². The van der Waals surface area contributed by atoms with Crippen LogP contribution in [0, 0.1) is 5.92 Å². The van der Waals surface area contributed by atoms with Crippen LogP contribution < -0.4 is 10.5 Å². The maximum Gasteiger partial charge on any atom is 0.308 e. The van der Waals surface area contributed by atoms with Crippen LogP contribution in [0.3, 0.4) is 0 Å². The molecule has 7 heteroatoms. The van der Waals surface area contributed by atoms with E-state index in [0.29, 0.717) is 36.4 Å². The Hall–Kier alpha value is -1.37. The lowest BCUT2D eigenvalue weighted by Gasteiger charge is -2.30. The molecule has 6 nitrogen and oxygen atoms in total. The highest BCUT2D eigenvalue weighted by atomic mass is 79.9. The monoisotopic (exact) mass is 315 g/mol. The van der Waals surface area contributed by atoms with Gasteiger partial charge in [0.2, 0.25) is 0 Å². The number of carbonyl (C=O) groups excluding carboxylic acids is 1. The van der Waals surface area contributed by atoms with E-state index >= 15 is 0 Å². The molecule has 1 saturated heterocycles. The number of halogens is 1. The molecule has 18 heavy (non-hydrogen) atoms. The number of nitrogens with zero attached hydrogens (tertiary/aromatic N) is 2. The lowest BCUT2D eigenvalue weighted by molar-refractivity contribution is -0.146. The van der Waals surface area contributed by atoms with Crippen LogP contribution in [0.2, 0.25) is 0 Å². The molecule has 0 unspecified atom stereocenters. The van der Waals surface area contributed by atoms with Crippen molar-refractivity contribution in [3.63, 3.8) is 0 Å². The Balaban J connectivity index is 2.08. The van der Waals surface area contributed by atoms with Crippen LogP contribution in [0.25, 0.3) is 0 Å². The van der Waals surface area contributed by atoms with Crippen LogP contribution in [-0.2, 0) is 9.53 Å². The third-order valence-electron chi connectivity index (χ3n) is 3.07. The molecule has 0 atom stereocenters. The molecule has 0 bridgehead atoms. The smallest absolute Gasteiger partial charge is 0.308 e. The maximum atomic E-state index is 11.7. The summed E-state index contributed by atoms with van der Waals surface area (Å²) in [4.78, 5) is 31.7. The summed E-state index contributed by atoms with van der Waals surface area (Å²) in [5.74, 6) is 0.149. The molecule has 0 aromatic carbocycles. The highest BCUT2D eigenvalue weighted by Gasteiger charge is 2.27. The average molecular weight is 316 g/mol. The van der Waals surface area contributed by atoms with Gasteiger partial charge in [0.1, 0.15) is 4.60 Å². The minimum absolute atomic E-state index is 0.0718. The first-order chi connectivity index (χ1) is 8.61. The van der Waals surface area contributed by atoms with E-state index in [9.17, 15) is 9.59 Å². The van der Waals surface area contributed by atoms with Crippen LogP contribution in [0.5, 0.6) is 0 Å². The van der Waals surface area contributed by atoms with Gasteiger partial charge in [-0.3, -0.25) is 9.59 Å². The van der Waals surface area contributed by atoms with E-state index in [1.54, 1.807) is 0 Å². The van der Waals surface area contributed by atoms with E-state index in [4.69, 9.17) is 4.74 Å². The highest BCUT2D eigenvalue weighted by molar-refractivity contribution is 9.10. The number of aromatic nitrogens is 2. The van der Waals surface area contributed by atoms with Crippen LogP contribution >= 0.6 is 15.9 Å². The number of hydrogen-bond donors (Lipinski definition) is 1. The second-order valence-electron chi connectivity index (χ2n) is 4.16. The second-order valence-corrected chi connectivity index (χ2v) is 4.97. The summed E-state index contributed by atoms with van der Waals surface area (Å²) in [6.45, 7) is 1.26. The van der Waals surface area contributed by atoms with Crippen molar-refractivity contribution in [1.29, 1.82) is 0 Å². The normalized spacial score (nSPS) is 16.7. The van der Waals surface area contributed by atoms with Crippen LogP contribution in [0.4, 0.5) is 5.82 Å². The topological polar surface area (TPSA) is 75.3 Å². The number of hydrogen-bond acceptors (Lipinski definition) is 5. The van der Waals surface area contributed by atoms with Crippen molar-refractivity contribution in [3.8, 4) is 0 Å². The largest absolute Gasteiger partial charge is 0.469 e. The fraction of sp³-hybridized carbons (Fsp3) is 0.545. The molecule has 0 aliphatic carbocycles. The highest BCUT2D eigenvalue weighted by Crippen LogP contribution is 2.21. The van der Waals surface area contributed by atoms with Crippen molar-refractivity contribution in [2.24, 2.45) is 5.92 Å². The quantitative estimate of drug-likeness (QED) is 0.821. The summed E-state index contributed by atoms with van der Waals surface area (Å²) < 4.78 is 5.31. The van der Waals surface area contributed by atoms with Crippen LogP contribution in [0.1, 0.15) is 12.8 Å². The zero-order valence-electron chi connectivity index (χ0n) is 9.98. The van der Waals surface area contributed by atoms with Gasteiger partial charge in [0.05, 0.1) is 13.0 Å². The Morgan fingerprint density at radius 1 is 1.56 bits per heavy atom. The Labute approximate surface area is 112 Å². The van der Waals surface area contributed by atoms with Gasteiger partial charge in [-0.2, -0.15) is 0 Å². The summed E-state index contributed by atoms with van der Waals surface area (Å²) in [5.41, 5.74) is -0.213. The molecule has 0 spiro atoms. The molecule has 0 amide bonds. The van der Waals surface area contributed by atoms with Crippen molar-refractivity contribution in [2.75, 3.05) is 25.1 Å². The van der Waals surface area contributed by atoms with Gasteiger partial charge in [0.25, 0.3) is 5.56 Å². The van der Waals surface area contributed by atoms with Crippen LogP contribution in [0.15, 0.2) is 15.6 Å². The molecule has 2 rings (SSSR count). The molecule has 1 N–H and O–H groups in total. The van der Waals surface area contributed by atoms with E-state index in [1.165, 1.54) is 13.3 Å². The summed E-state index contributed by atoms with van der Waals surface area (Å²) in [6.07, 6.45) is 2.87. The third-order valence-corrected chi connectivity index (χ3v) is 3.47. The van der Waals surface area contributed by atoms with Gasteiger partial charge in [-0.25, -0.2) is 4.98 Å². The van der Waals surface area contributed by atoms with Crippen LogP contribution in [-0.4, -0.2) is 36.1 Å². The number of ether oxygens (including phenoxy) is 1.